The van der Waals surface area contributed by atoms with Gasteiger partial charge in [-0.2, -0.15) is 0 Å². The molecule has 1 N–H and O–H groups in total. The predicted molar refractivity (Wildman–Crippen MR) is 285 cm³/mol. The van der Waals surface area contributed by atoms with Crippen LogP contribution in [0.2, 0.25) is 10.0 Å². The van der Waals surface area contributed by atoms with E-state index in [4.69, 9.17) is 42.6 Å². The van der Waals surface area contributed by atoms with Crippen molar-refractivity contribution in [1.29, 1.82) is 0 Å². The predicted octanol–water partition coefficient (Wildman–Crippen LogP) is 9.55. The number of carbonyl (C=O) groups excluding carboxylic acids is 3. The second kappa shape index (κ2) is 21.3. The smallest absolute Gasteiger partial charge is 0.410 e. The third kappa shape index (κ3) is 11.2. The molecule has 6 heterocycles. The average molecular weight is 1040 g/mol. The summed E-state index contributed by atoms with van der Waals surface area (Å²) in [6, 6.07) is 18.9. The molecule has 0 radical (unpaired) electrons. The van der Waals surface area contributed by atoms with Crippen LogP contribution in [0.5, 0.6) is 0 Å². The Morgan fingerprint density at radius 2 is 1.11 bits per heavy atom. The number of Topliss-reactive ketones (excluding diaryl/α,β-unsaturated/α-hetero) is 1. The van der Waals surface area contributed by atoms with Gasteiger partial charge in [0.1, 0.15) is 23.0 Å². The molecule has 2 aliphatic heterocycles. The average Bonchev–Trinajstić information content (AvgIpc) is 3.93. The molecule has 2 aromatic carbocycles. The number of aromatic nitrogens is 6. The van der Waals surface area contributed by atoms with E-state index in [2.05, 4.69) is 19.8 Å². The number of hydrogen-bond acceptors (Lipinski definition) is 12. The molecule has 2 fully saturated rings. The third-order valence-corrected chi connectivity index (χ3v) is 13.9. The standard InChI is InChI=1S/C28H32ClN5O3.C28H30ClN5O3/c2*1-28(2,3)37-27(36)34-12-10-33(11-13-34)25-20-8-7-19(29)15-21(20)22(14-18-6-5-9-31-24(18)25)26(35)23-16-30-17-32(23)4/h5-9,14-17,25-26,35H,10-13H2,1-4H3;5-9,14-17,25H,10-13H2,1-4H3. The Hall–Kier alpha value is -6.69. The minimum Gasteiger partial charge on any atom is -0.444 e. The number of imidazole rings is 2. The Kier molecular flexibility index (Phi) is 15.0. The van der Waals surface area contributed by atoms with Gasteiger partial charge in [0, 0.05) is 94.5 Å². The molecule has 10 rings (SSSR count). The van der Waals surface area contributed by atoms with Crippen molar-refractivity contribution in [2.45, 2.75) is 70.9 Å². The van der Waals surface area contributed by atoms with Crippen LogP contribution in [0.1, 0.15) is 121 Å². The maximum Gasteiger partial charge on any atom is 0.410 e. The molecular formula is C56H62Cl2N10O6. The van der Waals surface area contributed by atoms with Crippen molar-refractivity contribution in [3.05, 3.63) is 164 Å². The van der Waals surface area contributed by atoms with Crippen LogP contribution >= 0.6 is 23.2 Å². The van der Waals surface area contributed by atoms with Gasteiger partial charge in [0.15, 0.2) is 0 Å². The number of rotatable bonds is 6. The number of carbonyl (C=O) groups is 3. The number of aryl methyl sites for hydroxylation is 2. The van der Waals surface area contributed by atoms with Gasteiger partial charge in [-0.1, -0.05) is 47.5 Å². The molecule has 2 saturated heterocycles. The van der Waals surface area contributed by atoms with Crippen LogP contribution in [-0.2, 0) is 23.6 Å². The molecule has 4 aromatic heterocycles. The van der Waals surface area contributed by atoms with E-state index in [0.717, 1.165) is 50.3 Å². The molecule has 18 heteroatoms. The maximum atomic E-state index is 13.8. The zero-order valence-corrected chi connectivity index (χ0v) is 44.5. The molecule has 74 heavy (non-hydrogen) atoms. The summed E-state index contributed by atoms with van der Waals surface area (Å²) in [5.41, 5.74) is 8.59. The van der Waals surface area contributed by atoms with Gasteiger partial charge >= 0.3 is 12.2 Å². The van der Waals surface area contributed by atoms with Gasteiger partial charge < -0.3 is 33.5 Å². The SMILES string of the molecule is Cn1cncc1C(=O)C1=Cc2cccnc2C(N2CCN(C(=O)OC(C)(C)C)CC2)c2ccc(Cl)cc21.Cn1cncc1C(O)C1=Cc2cccnc2C(N2CCN(C(=O)OC(C)(C)C)CC2)c2ccc(Cl)cc21. The number of piperazine rings is 2. The number of halogens is 2. The number of pyridine rings is 2. The summed E-state index contributed by atoms with van der Waals surface area (Å²) in [5.74, 6) is -0.131. The summed E-state index contributed by atoms with van der Waals surface area (Å²) in [6.07, 6.45) is 12.5. The first-order chi connectivity index (χ1) is 35.2. The van der Waals surface area contributed by atoms with Crippen LogP contribution in [0.4, 0.5) is 9.59 Å². The van der Waals surface area contributed by atoms with Crippen molar-refractivity contribution < 1.29 is 29.0 Å². The number of hydrogen-bond donors (Lipinski definition) is 1. The lowest BCUT2D eigenvalue weighted by molar-refractivity contribution is 0.0109. The van der Waals surface area contributed by atoms with E-state index >= 15 is 0 Å². The van der Waals surface area contributed by atoms with Gasteiger partial charge in [0.2, 0.25) is 5.78 Å². The zero-order valence-electron chi connectivity index (χ0n) is 43.0. The Morgan fingerprint density at radius 3 is 1.58 bits per heavy atom. The molecule has 386 valence electrons. The van der Waals surface area contributed by atoms with Crippen LogP contribution in [0.15, 0.2) is 98.1 Å². The van der Waals surface area contributed by atoms with Crippen molar-refractivity contribution in [1.82, 2.24) is 48.7 Å². The van der Waals surface area contributed by atoms with Crippen LogP contribution in [0.25, 0.3) is 23.3 Å². The summed E-state index contributed by atoms with van der Waals surface area (Å²) in [7, 11) is 3.67. The minimum atomic E-state index is -0.902. The monoisotopic (exact) mass is 1040 g/mol. The zero-order chi connectivity index (χ0) is 52.6. The molecule has 0 spiro atoms. The quantitative estimate of drug-likeness (QED) is 0.157. The van der Waals surface area contributed by atoms with Crippen LogP contribution in [-0.4, -0.2) is 135 Å². The molecule has 0 bridgehead atoms. The van der Waals surface area contributed by atoms with Gasteiger partial charge in [-0.3, -0.25) is 24.6 Å². The van der Waals surface area contributed by atoms with Crippen molar-refractivity contribution in [2.75, 3.05) is 52.4 Å². The first-order valence-corrected chi connectivity index (χ1v) is 25.5. The highest BCUT2D eigenvalue weighted by atomic mass is 35.5. The maximum absolute atomic E-state index is 13.8. The molecule has 2 amide bonds. The van der Waals surface area contributed by atoms with Gasteiger partial charge in [0.05, 0.1) is 54.2 Å². The van der Waals surface area contributed by atoms with Crippen molar-refractivity contribution in [3.63, 3.8) is 0 Å². The van der Waals surface area contributed by atoms with Crippen LogP contribution < -0.4 is 0 Å². The van der Waals surface area contributed by atoms with Crippen LogP contribution in [0.3, 0.4) is 0 Å². The second-order valence-corrected chi connectivity index (χ2v) is 21.8. The summed E-state index contributed by atoms with van der Waals surface area (Å²) >= 11 is 13.0. The van der Waals surface area contributed by atoms with E-state index in [1.807, 2.05) is 126 Å². The minimum absolute atomic E-state index is 0.131. The molecule has 6 aromatic rings. The Bertz CT molecular complexity index is 3140. The number of aliphatic hydroxyl groups is 1. The number of allylic oxidation sites excluding steroid dienone is 1. The first-order valence-electron chi connectivity index (χ1n) is 24.8. The highest BCUT2D eigenvalue weighted by Gasteiger charge is 2.38. The first kappa shape index (κ1) is 52.2. The van der Waals surface area contributed by atoms with Crippen molar-refractivity contribution in [2.24, 2.45) is 14.1 Å². The number of aliphatic hydroxyl groups excluding tert-OH is 1. The molecule has 4 aliphatic rings. The number of nitrogens with zero attached hydrogens (tertiary/aromatic N) is 10. The number of amides is 2. The summed E-state index contributed by atoms with van der Waals surface area (Å²) in [6.45, 7) is 16.0. The molecule has 3 unspecified atom stereocenters. The van der Waals surface area contributed by atoms with Gasteiger partial charge in [-0.05, 0) is 129 Å². The molecular weight excluding hydrogens is 980 g/mol. The topological polar surface area (TPSA) is 164 Å². The van der Waals surface area contributed by atoms with E-state index < -0.39 is 17.3 Å². The fourth-order valence-corrected chi connectivity index (χ4v) is 10.3. The molecule has 2 aliphatic carbocycles. The van der Waals surface area contributed by atoms with E-state index in [1.165, 1.54) is 0 Å². The van der Waals surface area contributed by atoms with Gasteiger partial charge in [0.25, 0.3) is 0 Å². The molecule has 0 saturated carbocycles. The largest absolute Gasteiger partial charge is 0.444 e. The van der Waals surface area contributed by atoms with Crippen molar-refractivity contribution in [3.8, 4) is 0 Å². The van der Waals surface area contributed by atoms with E-state index in [9.17, 15) is 19.5 Å². The van der Waals surface area contributed by atoms with Crippen LogP contribution in [0, 0.1) is 0 Å². The lowest BCUT2D eigenvalue weighted by atomic mass is 9.91. The summed E-state index contributed by atoms with van der Waals surface area (Å²) in [5, 5.41) is 12.7. The number of benzene rings is 2. The third-order valence-electron chi connectivity index (χ3n) is 13.5. The van der Waals surface area contributed by atoms with E-state index in [1.54, 1.807) is 58.9 Å². The number of ether oxygens (including phenoxy) is 2. The van der Waals surface area contributed by atoms with Gasteiger partial charge in [-0.15, -0.1) is 0 Å². The lowest BCUT2D eigenvalue weighted by Gasteiger charge is -2.40. The normalized spacial score (nSPS) is 18.4. The number of fused-ring (bicyclic) bond motifs is 4. The summed E-state index contributed by atoms with van der Waals surface area (Å²) in [4.78, 5) is 65.2. The van der Waals surface area contributed by atoms with Crippen molar-refractivity contribution >= 4 is 64.5 Å². The molecule has 16 nitrogen and oxygen atoms in total. The fraction of sp³-hybridized carbons (Fsp3) is 0.375. The fourth-order valence-electron chi connectivity index (χ4n) is 9.99. The Labute approximate surface area is 441 Å². The Balaban J connectivity index is 0.000000182. The Morgan fingerprint density at radius 1 is 0.635 bits per heavy atom. The molecule has 3 atom stereocenters. The highest BCUT2D eigenvalue weighted by Crippen LogP contribution is 2.45. The van der Waals surface area contributed by atoms with E-state index in [0.29, 0.717) is 79.4 Å². The number of ketones is 1. The second-order valence-electron chi connectivity index (χ2n) is 20.9. The van der Waals surface area contributed by atoms with E-state index in [-0.39, 0.29) is 30.1 Å². The van der Waals surface area contributed by atoms with Gasteiger partial charge in [-0.25, -0.2) is 19.6 Å². The summed E-state index contributed by atoms with van der Waals surface area (Å²) < 4.78 is 14.7. The lowest BCUT2D eigenvalue weighted by Crippen LogP contribution is -2.51. The highest BCUT2D eigenvalue weighted by molar-refractivity contribution is 6.34.